The summed E-state index contributed by atoms with van der Waals surface area (Å²) in [5, 5.41) is 2.96. The molecule has 4 aliphatic carbocycles. The number of benzene rings is 2. The maximum Gasteiger partial charge on any atom is 0.265 e. The molecule has 7 heteroatoms. The molecule has 2 aromatic carbocycles. The first-order valence-electron chi connectivity index (χ1n) is 12.2. The van der Waals surface area contributed by atoms with Crippen LogP contribution in [-0.2, 0) is 20.2 Å². The van der Waals surface area contributed by atoms with E-state index < -0.39 is 16.1 Å². The van der Waals surface area contributed by atoms with Gasteiger partial charge in [-0.3, -0.25) is 9.10 Å². The average Bonchev–Trinajstić information content (AvgIpc) is 2.78. The van der Waals surface area contributed by atoms with Crippen LogP contribution in [0.4, 0.5) is 11.4 Å². The van der Waals surface area contributed by atoms with Gasteiger partial charge in [0.2, 0.25) is 10.0 Å². The summed E-state index contributed by atoms with van der Waals surface area (Å²) in [5.74, 6) is 3.00. The van der Waals surface area contributed by atoms with Gasteiger partial charge >= 0.3 is 0 Å². The van der Waals surface area contributed by atoms with Crippen LogP contribution in [0.25, 0.3) is 0 Å². The number of carbonyl (C=O) groups is 1. The van der Waals surface area contributed by atoms with Crippen molar-refractivity contribution >= 4 is 27.3 Å². The Morgan fingerprint density at radius 3 is 2.00 bits per heavy atom. The second kappa shape index (κ2) is 8.59. The molecule has 4 saturated carbocycles. The van der Waals surface area contributed by atoms with Crippen LogP contribution in [0.15, 0.2) is 48.5 Å². The second-order valence-corrected chi connectivity index (χ2v) is 12.8. The highest BCUT2D eigenvalue weighted by Crippen LogP contribution is 2.60. The minimum Gasteiger partial charge on any atom is -0.481 e. The molecule has 4 fully saturated rings. The number of carbonyl (C=O) groups excluding carboxylic acids is 1. The van der Waals surface area contributed by atoms with Crippen LogP contribution in [-0.4, -0.2) is 33.7 Å². The van der Waals surface area contributed by atoms with Gasteiger partial charge in [0.1, 0.15) is 5.75 Å². The molecule has 1 N–H and O–H groups in total. The van der Waals surface area contributed by atoms with Crippen LogP contribution in [0.1, 0.15) is 51.0 Å². The Morgan fingerprint density at radius 2 is 1.50 bits per heavy atom. The number of anilines is 2. The molecule has 0 saturated heterocycles. The molecule has 4 aliphatic rings. The molecule has 1 atom stereocenters. The van der Waals surface area contributed by atoms with Gasteiger partial charge in [-0.05, 0) is 111 Å². The number of hydrogen-bond acceptors (Lipinski definition) is 4. The van der Waals surface area contributed by atoms with Gasteiger partial charge in [-0.25, -0.2) is 8.42 Å². The van der Waals surface area contributed by atoms with Gasteiger partial charge in [-0.15, -0.1) is 0 Å². The first-order chi connectivity index (χ1) is 16.1. The van der Waals surface area contributed by atoms with Crippen molar-refractivity contribution in [2.24, 2.45) is 17.8 Å². The third-order valence-electron chi connectivity index (χ3n) is 8.18. The standard InChI is InChI=1S/C27H34N2O4S/c1-18(33-25-10-8-24(9-11-25)29(2)34(3,31)32)26(30)28-23-6-4-22(5-7-23)27-15-19-12-20(16-27)14-21(13-19)17-27/h4-11,18-21H,12-17H2,1-3H3,(H,28,30)/t18-,19?,20?,21?,27?/m1/s1. The number of amides is 1. The number of nitrogens with one attached hydrogen (secondary N) is 1. The minimum atomic E-state index is -3.33. The summed E-state index contributed by atoms with van der Waals surface area (Å²) in [6.45, 7) is 1.70. The van der Waals surface area contributed by atoms with Crippen molar-refractivity contribution in [3.8, 4) is 5.75 Å². The lowest BCUT2D eigenvalue weighted by atomic mass is 9.48. The Bertz CT molecular complexity index is 1120. The Balaban J connectivity index is 1.19. The van der Waals surface area contributed by atoms with E-state index in [1.165, 1.54) is 55.4 Å². The summed E-state index contributed by atoms with van der Waals surface area (Å²) in [7, 11) is -1.83. The fraction of sp³-hybridized carbons (Fsp3) is 0.519. The number of nitrogens with zero attached hydrogens (tertiary/aromatic N) is 1. The van der Waals surface area contributed by atoms with Crippen molar-refractivity contribution in [3.63, 3.8) is 0 Å². The van der Waals surface area contributed by atoms with E-state index in [0.29, 0.717) is 16.9 Å². The molecular weight excluding hydrogens is 448 g/mol. The normalized spacial score (nSPS) is 28.4. The molecule has 0 heterocycles. The second-order valence-electron chi connectivity index (χ2n) is 10.7. The predicted molar refractivity (Wildman–Crippen MR) is 135 cm³/mol. The number of hydrogen-bond donors (Lipinski definition) is 1. The summed E-state index contributed by atoms with van der Waals surface area (Å²) >= 11 is 0. The quantitative estimate of drug-likeness (QED) is 0.605. The third kappa shape index (κ3) is 4.54. The van der Waals surface area contributed by atoms with Gasteiger partial charge in [0.05, 0.1) is 11.9 Å². The van der Waals surface area contributed by atoms with Crippen LogP contribution in [0, 0.1) is 17.8 Å². The monoisotopic (exact) mass is 482 g/mol. The van der Waals surface area contributed by atoms with Crippen molar-refractivity contribution in [1.29, 1.82) is 0 Å². The van der Waals surface area contributed by atoms with Gasteiger partial charge in [0.15, 0.2) is 6.10 Å². The van der Waals surface area contributed by atoms with Crippen molar-refractivity contribution < 1.29 is 17.9 Å². The highest BCUT2D eigenvalue weighted by atomic mass is 32.2. The van der Waals surface area contributed by atoms with E-state index in [0.717, 1.165) is 29.7 Å². The van der Waals surface area contributed by atoms with Crippen LogP contribution in [0.2, 0.25) is 0 Å². The van der Waals surface area contributed by atoms with Gasteiger partial charge in [-0.2, -0.15) is 0 Å². The smallest absolute Gasteiger partial charge is 0.265 e. The van der Waals surface area contributed by atoms with Gasteiger partial charge in [0.25, 0.3) is 5.91 Å². The maximum atomic E-state index is 12.7. The first kappa shape index (κ1) is 23.2. The highest BCUT2D eigenvalue weighted by molar-refractivity contribution is 7.92. The fourth-order valence-electron chi connectivity index (χ4n) is 6.80. The van der Waals surface area contributed by atoms with Crippen molar-refractivity contribution in [2.75, 3.05) is 22.9 Å². The summed E-state index contributed by atoms with van der Waals surface area (Å²) < 4.78 is 30.3. The Labute approximate surface area is 202 Å². The molecule has 6 nitrogen and oxygen atoms in total. The zero-order valence-corrected chi connectivity index (χ0v) is 21.0. The molecule has 0 radical (unpaired) electrons. The Kier molecular flexibility index (Phi) is 5.87. The molecule has 6 rings (SSSR count). The van der Waals surface area contributed by atoms with Crippen molar-refractivity contribution in [2.45, 2.75) is 57.0 Å². The molecule has 34 heavy (non-hydrogen) atoms. The maximum absolute atomic E-state index is 12.7. The van der Waals surface area contributed by atoms with Crippen molar-refractivity contribution in [3.05, 3.63) is 54.1 Å². The van der Waals surface area contributed by atoms with Crippen molar-refractivity contribution in [1.82, 2.24) is 0 Å². The molecule has 0 unspecified atom stereocenters. The molecule has 0 aliphatic heterocycles. The number of rotatable bonds is 7. The molecule has 2 aromatic rings. The number of sulfonamides is 1. The fourth-order valence-corrected chi connectivity index (χ4v) is 7.30. The van der Waals surface area contributed by atoms with Crippen LogP contribution < -0.4 is 14.4 Å². The lowest BCUT2D eigenvalue weighted by Crippen LogP contribution is -2.48. The molecule has 0 aromatic heterocycles. The van der Waals surface area contributed by atoms with E-state index in [1.807, 2.05) is 12.1 Å². The third-order valence-corrected chi connectivity index (χ3v) is 9.39. The van der Waals surface area contributed by atoms with Crippen LogP contribution >= 0.6 is 0 Å². The van der Waals surface area contributed by atoms with E-state index in [-0.39, 0.29) is 5.91 Å². The van der Waals surface area contributed by atoms with E-state index in [4.69, 9.17) is 4.74 Å². The van der Waals surface area contributed by atoms with E-state index in [9.17, 15) is 13.2 Å². The van der Waals surface area contributed by atoms with Crippen LogP contribution in [0.5, 0.6) is 5.75 Å². The SMILES string of the molecule is C[C@@H](Oc1ccc(N(C)S(C)(=O)=O)cc1)C(=O)Nc1ccc(C23CC4CC(CC(C4)C2)C3)cc1. The predicted octanol–water partition coefficient (Wildman–Crippen LogP) is 4.96. The molecule has 0 spiro atoms. The van der Waals surface area contributed by atoms with Gasteiger partial charge in [0, 0.05) is 12.7 Å². The molecule has 182 valence electrons. The molecule has 4 bridgehead atoms. The summed E-state index contributed by atoms with van der Waals surface area (Å²) in [6, 6.07) is 15.1. The summed E-state index contributed by atoms with van der Waals surface area (Å²) in [5.41, 5.74) is 3.10. The van der Waals surface area contributed by atoms with E-state index in [1.54, 1.807) is 31.2 Å². The largest absolute Gasteiger partial charge is 0.481 e. The Morgan fingerprint density at radius 1 is 0.971 bits per heavy atom. The zero-order chi connectivity index (χ0) is 24.1. The lowest BCUT2D eigenvalue weighted by Gasteiger charge is -2.57. The number of ether oxygens (including phenoxy) is 1. The minimum absolute atomic E-state index is 0.222. The van der Waals surface area contributed by atoms with E-state index in [2.05, 4.69) is 17.4 Å². The van der Waals surface area contributed by atoms with E-state index >= 15 is 0 Å². The first-order valence-corrected chi connectivity index (χ1v) is 14.1. The van der Waals surface area contributed by atoms with Gasteiger partial charge < -0.3 is 10.1 Å². The summed E-state index contributed by atoms with van der Waals surface area (Å²) in [6.07, 6.45) is 8.74. The van der Waals surface area contributed by atoms with Gasteiger partial charge in [-0.1, -0.05) is 12.1 Å². The lowest BCUT2D eigenvalue weighted by molar-refractivity contribution is -0.122. The van der Waals surface area contributed by atoms with Crippen LogP contribution in [0.3, 0.4) is 0 Å². The topological polar surface area (TPSA) is 75.7 Å². The summed E-state index contributed by atoms with van der Waals surface area (Å²) in [4.78, 5) is 12.7. The average molecular weight is 483 g/mol. The molecule has 1 amide bonds. The molecular formula is C27H34N2O4S. The zero-order valence-electron chi connectivity index (χ0n) is 20.2. The highest BCUT2D eigenvalue weighted by Gasteiger charge is 2.51. The Hall–Kier alpha value is -2.54.